The molecule has 2 unspecified atom stereocenters. The molecule has 2 atom stereocenters. The summed E-state index contributed by atoms with van der Waals surface area (Å²) in [7, 11) is -1.65. The molecular formula is C32H50BFN4O8. The zero-order valence-electron chi connectivity index (χ0n) is 26.9. The van der Waals surface area contributed by atoms with Crippen LogP contribution in [0.2, 0.25) is 0 Å². The van der Waals surface area contributed by atoms with E-state index < -0.39 is 31.3 Å². The minimum atomic E-state index is -1.65. The number of unbranched alkanes of at least 4 members (excludes halogenated alkanes) is 6. The Morgan fingerprint density at radius 1 is 1.00 bits per heavy atom. The average molecular weight is 649 g/mol. The lowest BCUT2D eigenvalue weighted by molar-refractivity contribution is -0.137. The first-order chi connectivity index (χ1) is 22.1. The van der Waals surface area contributed by atoms with Gasteiger partial charge in [-0.05, 0) is 56.6 Å². The Kier molecular flexibility index (Phi) is 15.6. The predicted octanol–water partition coefficient (Wildman–Crippen LogP) is 4.10. The Balaban J connectivity index is 0.000000365. The second kappa shape index (κ2) is 19.3. The second-order valence-electron chi connectivity index (χ2n) is 12.4. The van der Waals surface area contributed by atoms with Gasteiger partial charge in [-0.1, -0.05) is 64.0 Å². The Labute approximate surface area is 271 Å². The number of carbonyl (C=O) groups excluding carboxylic acids is 3. The van der Waals surface area contributed by atoms with E-state index in [0.29, 0.717) is 37.9 Å². The molecule has 0 bridgehead atoms. The summed E-state index contributed by atoms with van der Waals surface area (Å²) in [6.45, 7) is 2.84. The van der Waals surface area contributed by atoms with Gasteiger partial charge in [-0.2, -0.15) is 0 Å². The lowest BCUT2D eigenvalue weighted by Crippen LogP contribution is -2.54. The highest BCUT2D eigenvalue weighted by Crippen LogP contribution is 2.25. The number of nitrogens with one attached hydrogen (secondary N) is 2. The van der Waals surface area contributed by atoms with E-state index in [1.165, 1.54) is 41.5 Å². The van der Waals surface area contributed by atoms with Crippen LogP contribution in [0.1, 0.15) is 108 Å². The van der Waals surface area contributed by atoms with Crippen molar-refractivity contribution in [2.45, 2.75) is 128 Å². The van der Waals surface area contributed by atoms with Crippen molar-refractivity contribution in [2.75, 3.05) is 13.1 Å². The summed E-state index contributed by atoms with van der Waals surface area (Å²) in [6.07, 6.45) is 11.5. The molecule has 0 radical (unpaired) electrons. The Morgan fingerprint density at radius 3 is 2.35 bits per heavy atom. The minimum absolute atomic E-state index is 0.0800. The molecule has 2 fully saturated rings. The smallest absolute Gasteiger partial charge is 0.465 e. The summed E-state index contributed by atoms with van der Waals surface area (Å²) < 4.78 is 18.4. The number of halogens is 1. The van der Waals surface area contributed by atoms with Crippen LogP contribution in [0.25, 0.3) is 0 Å². The fraction of sp³-hybridized carbons (Fsp3) is 0.688. The second-order valence-corrected chi connectivity index (χ2v) is 12.4. The summed E-state index contributed by atoms with van der Waals surface area (Å²) in [5.41, 5.74) is 1.27. The average Bonchev–Trinajstić information content (AvgIpc) is 3.81. The van der Waals surface area contributed by atoms with Gasteiger partial charge in [0.05, 0.1) is 12.5 Å². The highest BCUT2D eigenvalue weighted by molar-refractivity contribution is 6.43. The number of rotatable bonds is 14. The highest BCUT2D eigenvalue weighted by Gasteiger charge is 2.36. The number of alkyl carbamates (subject to hydrolysis) is 1. The van der Waals surface area contributed by atoms with Crippen molar-refractivity contribution < 1.29 is 43.5 Å². The number of benzene rings is 1. The number of nitrogens with zero attached hydrogens (tertiary/aromatic N) is 2. The van der Waals surface area contributed by atoms with Gasteiger partial charge in [0, 0.05) is 18.7 Å². The van der Waals surface area contributed by atoms with Crippen molar-refractivity contribution in [3.63, 3.8) is 0 Å². The maximum Gasteiger partial charge on any atom is 0.475 e. The normalized spacial score (nSPS) is 18.0. The van der Waals surface area contributed by atoms with E-state index in [-0.39, 0.29) is 36.8 Å². The molecule has 5 N–H and O–H groups in total. The van der Waals surface area contributed by atoms with Crippen LogP contribution < -0.4 is 10.6 Å². The molecule has 1 saturated heterocycles. The number of likely N-dealkylation sites (tertiary alicyclic amines) is 1. The summed E-state index contributed by atoms with van der Waals surface area (Å²) >= 11 is 0. The highest BCUT2D eigenvalue weighted by atomic mass is 19.1. The maximum absolute atomic E-state index is 13.1. The molecule has 4 rings (SSSR count). The topological polar surface area (TPSA) is 169 Å². The Bertz CT molecular complexity index is 1150. The monoisotopic (exact) mass is 648 g/mol. The molecule has 14 heteroatoms. The summed E-state index contributed by atoms with van der Waals surface area (Å²) in [5, 5.41) is 33.3. The van der Waals surface area contributed by atoms with E-state index >= 15 is 0 Å². The lowest BCUT2D eigenvalue weighted by Gasteiger charge is -2.26. The number of fused-ring (bicyclic) bond motifs is 1. The van der Waals surface area contributed by atoms with Crippen LogP contribution in [-0.4, -0.2) is 87.3 Å². The third-order valence-electron chi connectivity index (χ3n) is 8.84. The number of carbonyl (C=O) groups is 4. The van der Waals surface area contributed by atoms with E-state index in [1.807, 2.05) is 0 Å². The van der Waals surface area contributed by atoms with Gasteiger partial charge in [0.25, 0.3) is 0 Å². The first-order valence-electron chi connectivity index (χ1n) is 16.7. The summed E-state index contributed by atoms with van der Waals surface area (Å²) in [6, 6.07) is 4.03. The van der Waals surface area contributed by atoms with Crippen LogP contribution in [0.4, 0.5) is 14.0 Å². The van der Waals surface area contributed by atoms with Gasteiger partial charge in [-0.3, -0.25) is 14.5 Å². The number of amides is 4. The molecule has 3 aliphatic rings. The molecule has 1 aliphatic carbocycles. The van der Waals surface area contributed by atoms with E-state index in [0.717, 1.165) is 50.5 Å². The molecule has 1 aromatic rings. The standard InChI is InChI=1S/C23H42BN3O6.C9H8FNO2/c1-2-3-4-5-6-7-8-15-20(24(31)32)26-22(29)19-14-11-16-27(19)21(28)17-25-23(30)33-18-12-9-10-13-18;10-8-3-1-2-6-4-11(9(12)13)5-7(6)8/h18-20,31-32H,2-17H2,1H3,(H,25,30)(H,26,29);1-3H,4-5H2,(H,12,13). The van der Waals surface area contributed by atoms with Crippen molar-refractivity contribution in [3.8, 4) is 0 Å². The van der Waals surface area contributed by atoms with Gasteiger partial charge < -0.3 is 35.4 Å². The molecule has 0 aromatic heterocycles. The zero-order chi connectivity index (χ0) is 33.5. The van der Waals surface area contributed by atoms with E-state index in [1.54, 1.807) is 12.1 Å². The van der Waals surface area contributed by atoms with E-state index in [9.17, 15) is 33.6 Å². The van der Waals surface area contributed by atoms with Gasteiger partial charge in [0.2, 0.25) is 11.8 Å². The zero-order valence-corrected chi connectivity index (χ0v) is 26.9. The van der Waals surface area contributed by atoms with Gasteiger partial charge in [-0.25, -0.2) is 14.0 Å². The molecular weight excluding hydrogens is 598 g/mol. The van der Waals surface area contributed by atoms with Crippen molar-refractivity contribution in [1.82, 2.24) is 20.4 Å². The quantitative estimate of drug-likeness (QED) is 0.148. The largest absolute Gasteiger partial charge is 0.475 e. The minimum Gasteiger partial charge on any atom is -0.465 e. The summed E-state index contributed by atoms with van der Waals surface area (Å²) in [5.74, 6) is -1.80. The molecule has 1 saturated carbocycles. The third-order valence-corrected chi connectivity index (χ3v) is 8.84. The number of carboxylic acid groups (broad SMARTS) is 1. The maximum atomic E-state index is 13.1. The van der Waals surface area contributed by atoms with Crippen LogP contribution in [0.3, 0.4) is 0 Å². The fourth-order valence-corrected chi connectivity index (χ4v) is 6.20. The van der Waals surface area contributed by atoms with Crippen LogP contribution in [0.15, 0.2) is 18.2 Å². The van der Waals surface area contributed by atoms with Crippen LogP contribution in [0.5, 0.6) is 0 Å². The van der Waals surface area contributed by atoms with Gasteiger partial charge in [0.1, 0.15) is 24.5 Å². The third kappa shape index (κ3) is 11.8. The van der Waals surface area contributed by atoms with Crippen molar-refractivity contribution >= 4 is 31.1 Å². The van der Waals surface area contributed by atoms with Gasteiger partial charge >= 0.3 is 19.3 Å². The Morgan fingerprint density at radius 2 is 1.70 bits per heavy atom. The lowest BCUT2D eigenvalue weighted by atomic mass is 9.76. The number of hydrogen-bond acceptors (Lipinski definition) is 7. The predicted molar refractivity (Wildman–Crippen MR) is 170 cm³/mol. The summed E-state index contributed by atoms with van der Waals surface area (Å²) in [4.78, 5) is 50.6. The molecule has 4 amide bonds. The number of hydrogen-bond donors (Lipinski definition) is 5. The first-order valence-corrected chi connectivity index (χ1v) is 16.7. The Hall–Kier alpha value is -3.39. The molecule has 1 aromatic carbocycles. The van der Waals surface area contributed by atoms with Gasteiger partial charge in [0.15, 0.2) is 0 Å². The van der Waals surface area contributed by atoms with Crippen LogP contribution >= 0.6 is 0 Å². The SMILES string of the molecule is CCCCCCCCCC(NC(=O)C1CCCN1C(=O)CNC(=O)OC1CCCC1)B(O)O.O=C(O)N1Cc2cccc(F)c2C1. The molecule has 256 valence electrons. The van der Waals surface area contributed by atoms with Crippen LogP contribution in [-0.2, 0) is 27.4 Å². The van der Waals surface area contributed by atoms with E-state index in [4.69, 9.17) is 9.84 Å². The first kappa shape index (κ1) is 37.1. The van der Waals surface area contributed by atoms with Gasteiger partial charge in [-0.15, -0.1) is 0 Å². The molecule has 2 heterocycles. The van der Waals surface area contributed by atoms with Crippen molar-refractivity contribution in [2.24, 2.45) is 0 Å². The molecule has 2 aliphatic heterocycles. The molecule has 0 spiro atoms. The van der Waals surface area contributed by atoms with E-state index in [2.05, 4.69) is 17.6 Å². The van der Waals surface area contributed by atoms with Crippen LogP contribution in [0, 0.1) is 5.82 Å². The van der Waals surface area contributed by atoms with Crippen molar-refractivity contribution in [3.05, 3.63) is 35.1 Å². The molecule has 46 heavy (non-hydrogen) atoms. The molecule has 12 nitrogen and oxygen atoms in total. The van der Waals surface area contributed by atoms with Crippen molar-refractivity contribution in [1.29, 1.82) is 0 Å². The fourth-order valence-electron chi connectivity index (χ4n) is 6.20. The number of ether oxygens (including phenoxy) is 1.